The van der Waals surface area contributed by atoms with Gasteiger partial charge in [0.25, 0.3) is 5.56 Å². The van der Waals surface area contributed by atoms with Gasteiger partial charge in [0.05, 0.1) is 11.9 Å². The van der Waals surface area contributed by atoms with Gasteiger partial charge in [0, 0.05) is 41.5 Å². The number of anilines is 3. The van der Waals surface area contributed by atoms with Crippen molar-refractivity contribution in [3.8, 4) is 11.3 Å². The lowest BCUT2D eigenvalue weighted by Crippen LogP contribution is -2.35. The van der Waals surface area contributed by atoms with Gasteiger partial charge >= 0.3 is 0 Å². The van der Waals surface area contributed by atoms with Gasteiger partial charge in [-0.1, -0.05) is 54.6 Å². The molecule has 0 saturated carbocycles. The van der Waals surface area contributed by atoms with Crippen LogP contribution in [0.4, 0.5) is 17.2 Å². The molecule has 2 amide bonds. The minimum Gasteiger partial charge on any atom is -0.399 e. The molecule has 4 rings (SSSR count). The molecule has 4 aromatic rings. The number of nitrogen functional groups attached to an aromatic ring is 2. The summed E-state index contributed by atoms with van der Waals surface area (Å²) in [4.78, 5) is 43.6. The van der Waals surface area contributed by atoms with Crippen LogP contribution in [0.2, 0.25) is 0 Å². The average Bonchev–Trinajstić information content (AvgIpc) is 2.97. The standard InChI is InChI=1S/C32H36N8O3/c1-20(2)38-31-32(43)40(19-29(42)36-17-22-8-11-23(12-9-22)30(34)35)27(18-37-31)24-14-25(33)16-26(15-24)39-28(41)13-10-21-6-4-3-5-7-21/h3-9,11-12,14-16,18,20H,10,13,17,19,33H2,1-2H3,(H3,34,35)(H,36,42)(H,37,38)(H,39,41). The van der Waals surface area contributed by atoms with Gasteiger partial charge in [-0.25, -0.2) is 4.98 Å². The number of carbonyl (C=O) groups excluding carboxylic acids is 2. The summed E-state index contributed by atoms with van der Waals surface area (Å²) in [6.45, 7) is 3.71. The van der Waals surface area contributed by atoms with E-state index in [1.807, 2.05) is 44.2 Å². The molecule has 0 saturated heterocycles. The van der Waals surface area contributed by atoms with Gasteiger partial charge in [-0.15, -0.1) is 0 Å². The second-order valence-electron chi connectivity index (χ2n) is 10.4. The van der Waals surface area contributed by atoms with Gasteiger partial charge in [0.15, 0.2) is 5.82 Å². The molecule has 8 N–H and O–H groups in total. The van der Waals surface area contributed by atoms with E-state index >= 15 is 0 Å². The number of nitrogens with two attached hydrogens (primary N) is 2. The summed E-state index contributed by atoms with van der Waals surface area (Å²) in [6.07, 6.45) is 2.38. The molecule has 11 heteroatoms. The number of aryl methyl sites for hydroxylation is 1. The molecular formula is C32H36N8O3. The van der Waals surface area contributed by atoms with Crippen molar-refractivity contribution >= 4 is 34.8 Å². The van der Waals surface area contributed by atoms with Gasteiger partial charge in [0.2, 0.25) is 11.8 Å². The second kappa shape index (κ2) is 13.9. The first-order valence-corrected chi connectivity index (χ1v) is 13.9. The number of hydrogen-bond donors (Lipinski definition) is 6. The van der Waals surface area contributed by atoms with Gasteiger partial charge in [0.1, 0.15) is 12.4 Å². The lowest BCUT2D eigenvalue weighted by Gasteiger charge is -2.17. The van der Waals surface area contributed by atoms with E-state index in [1.165, 1.54) is 10.8 Å². The fraction of sp³-hybridized carbons (Fsp3) is 0.219. The summed E-state index contributed by atoms with van der Waals surface area (Å²) in [7, 11) is 0. The Morgan fingerprint density at radius 1 is 0.977 bits per heavy atom. The molecule has 0 spiro atoms. The van der Waals surface area contributed by atoms with Crippen LogP contribution < -0.4 is 33.0 Å². The van der Waals surface area contributed by atoms with Gasteiger partial charge in [-0.3, -0.25) is 24.4 Å². The summed E-state index contributed by atoms with van der Waals surface area (Å²) < 4.78 is 1.33. The number of carbonyl (C=O) groups is 2. The molecule has 1 aromatic heterocycles. The molecule has 0 fully saturated rings. The monoisotopic (exact) mass is 580 g/mol. The highest BCUT2D eigenvalue weighted by Crippen LogP contribution is 2.26. The van der Waals surface area contributed by atoms with Crippen molar-refractivity contribution in [3.63, 3.8) is 0 Å². The molecule has 1 heterocycles. The Labute approximate surface area is 249 Å². The molecule has 0 aliphatic carbocycles. The van der Waals surface area contributed by atoms with Crippen molar-refractivity contribution in [1.29, 1.82) is 5.41 Å². The Morgan fingerprint density at radius 2 is 1.70 bits per heavy atom. The number of hydrogen-bond acceptors (Lipinski definition) is 7. The van der Waals surface area contributed by atoms with Crippen LogP contribution in [-0.4, -0.2) is 33.2 Å². The first-order valence-electron chi connectivity index (χ1n) is 13.9. The third-order valence-corrected chi connectivity index (χ3v) is 6.55. The summed E-state index contributed by atoms with van der Waals surface area (Å²) in [5.41, 5.74) is 15.4. The Bertz CT molecular complexity index is 1660. The zero-order valence-electron chi connectivity index (χ0n) is 24.2. The Morgan fingerprint density at radius 3 is 2.37 bits per heavy atom. The molecule has 0 radical (unpaired) electrons. The maximum atomic E-state index is 13.5. The van der Waals surface area contributed by atoms with Crippen LogP contribution in [0, 0.1) is 5.41 Å². The number of nitrogens with one attached hydrogen (secondary N) is 4. The molecule has 0 aliphatic heterocycles. The molecule has 222 valence electrons. The molecule has 0 bridgehead atoms. The SMILES string of the molecule is CC(C)Nc1ncc(-c2cc(N)cc(NC(=O)CCc3ccccc3)c2)n(CC(=O)NCc2ccc(C(=N)N)cc2)c1=O. The van der Waals surface area contributed by atoms with Crippen molar-refractivity contribution in [2.24, 2.45) is 5.73 Å². The summed E-state index contributed by atoms with van der Waals surface area (Å²) in [5.74, 6) is -0.491. The van der Waals surface area contributed by atoms with Crippen molar-refractivity contribution < 1.29 is 9.59 Å². The van der Waals surface area contributed by atoms with Crippen LogP contribution in [0.5, 0.6) is 0 Å². The molecule has 0 unspecified atom stereocenters. The predicted molar refractivity (Wildman–Crippen MR) is 170 cm³/mol. The second-order valence-corrected chi connectivity index (χ2v) is 10.4. The summed E-state index contributed by atoms with van der Waals surface area (Å²) in [5, 5.41) is 16.3. The van der Waals surface area contributed by atoms with Gasteiger partial charge < -0.3 is 27.4 Å². The van der Waals surface area contributed by atoms with Crippen LogP contribution in [-0.2, 0) is 29.1 Å². The lowest BCUT2D eigenvalue weighted by molar-refractivity contribution is -0.121. The van der Waals surface area contributed by atoms with E-state index < -0.39 is 5.56 Å². The van der Waals surface area contributed by atoms with Crippen LogP contribution in [0.1, 0.15) is 37.0 Å². The Balaban J connectivity index is 1.56. The molecule has 0 atom stereocenters. The molecule has 0 aliphatic rings. The number of amidine groups is 1. The number of benzene rings is 3. The third-order valence-electron chi connectivity index (χ3n) is 6.55. The first kappa shape index (κ1) is 30.5. The highest BCUT2D eigenvalue weighted by molar-refractivity contribution is 5.95. The van der Waals surface area contributed by atoms with Crippen LogP contribution in [0.3, 0.4) is 0 Å². The molecular weight excluding hydrogens is 544 g/mol. The number of aromatic nitrogens is 2. The number of rotatable bonds is 12. The minimum absolute atomic E-state index is 0.0394. The van der Waals surface area contributed by atoms with E-state index in [1.54, 1.807) is 42.5 Å². The lowest BCUT2D eigenvalue weighted by atomic mass is 10.1. The van der Waals surface area contributed by atoms with Gasteiger partial charge in [-0.05, 0) is 49.6 Å². The maximum Gasteiger partial charge on any atom is 0.294 e. The quantitative estimate of drug-likeness (QED) is 0.0842. The van der Waals surface area contributed by atoms with Gasteiger partial charge in [-0.2, -0.15) is 0 Å². The zero-order chi connectivity index (χ0) is 30.9. The van der Waals surface area contributed by atoms with Crippen LogP contribution >= 0.6 is 0 Å². The first-order chi connectivity index (χ1) is 20.6. The van der Waals surface area contributed by atoms with Crippen LogP contribution in [0.25, 0.3) is 11.3 Å². The number of amides is 2. The zero-order valence-corrected chi connectivity index (χ0v) is 24.2. The smallest absolute Gasteiger partial charge is 0.294 e. The molecule has 3 aromatic carbocycles. The van der Waals surface area contributed by atoms with Crippen molar-refractivity contribution in [3.05, 3.63) is 106 Å². The van der Waals surface area contributed by atoms with E-state index in [0.717, 1.165) is 11.1 Å². The fourth-order valence-corrected chi connectivity index (χ4v) is 4.45. The van der Waals surface area contributed by atoms with Crippen LogP contribution in [0.15, 0.2) is 83.8 Å². The largest absolute Gasteiger partial charge is 0.399 e. The van der Waals surface area contributed by atoms with Crippen molar-refractivity contribution in [2.75, 3.05) is 16.4 Å². The van der Waals surface area contributed by atoms with Crippen molar-refractivity contribution in [1.82, 2.24) is 14.9 Å². The van der Waals surface area contributed by atoms with E-state index in [0.29, 0.717) is 34.6 Å². The molecule has 43 heavy (non-hydrogen) atoms. The van der Waals surface area contributed by atoms with Crippen molar-refractivity contribution in [2.45, 2.75) is 45.8 Å². The topological polar surface area (TPSA) is 181 Å². The highest BCUT2D eigenvalue weighted by Gasteiger charge is 2.17. The minimum atomic E-state index is -0.469. The van der Waals surface area contributed by atoms with E-state index in [2.05, 4.69) is 20.9 Å². The van der Waals surface area contributed by atoms with E-state index in [9.17, 15) is 14.4 Å². The third kappa shape index (κ3) is 8.52. The normalized spacial score (nSPS) is 10.8. The Kier molecular flexibility index (Phi) is 9.89. The van der Waals surface area contributed by atoms with E-state index in [-0.39, 0.29) is 49.0 Å². The highest BCUT2D eigenvalue weighted by atomic mass is 16.2. The summed E-state index contributed by atoms with van der Waals surface area (Å²) in [6, 6.07) is 21.6. The Hall–Kier alpha value is -5.45. The summed E-state index contributed by atoms with van der Waals surface area (Å²) >= 11 is 0. The molecule has 11 nitrogen and oxygen atoms in total. The number of nitrogens with zero attached hydrogens (tertiary/aromatic N) is 2. The fourth-order valence-electron chi connectivity index (χ4n) is 4.45. The average molecular weight is 581 g/mol. The predicted octanol–water partition coefficient (Wildman–Crippen LogP) is 3.48. The maximum absolute atomic E-state index is 13.5. The van der Waals surface area contributed by atoms with E-state index in [4.69, 9.17) is 16.9 Å².